The number of hydrogen-bond donors (Lipinski definition) is 6. The van der Waals surface area contributed by atoms with Crippen LogP contribution in [0.2, 0.25) is 0 Å². The molecule has 1 aromatic carbocycles. The van der Waals surface area contributed by atoms with E-state index in [9.17, 15) is 38.2 Å². The summed E-state index contributed by atoms with van der Waals surface area (Å²) in [6, 6.07) is 7.71. The summed E-state index contributed by atoms with van der Waals surface area (Å²) in [5.74, 6) is 0.425. The van der Waals surface area contributed by atoms with Crippen LogP contribution >= 0.6 is 23.5 Å². The van der Waals surface area contributed by atoms with Crippen molar-refractivity contribution < 1.29 is 61.0 Å². The molecule has 3 rings (SSSR count). The summed E-state index contributed by atoms with van der Waals surface area (Å²) in [6.07, 6.45) is -2.07. The van der Waals surface area contributed by atoms with Gasteiger partial charge in [0.15, 0.2) is 0 Å². The Balaban J connectivity index is 1.64. The number of aromatic nitrogens is 2. The van der Waals surface area contributed by atoms with Crippen molar-refractivity contribution in [1.29, 1.82) is 0 Å². The van der Waals surface area contributed by atoms with Crippen molar-refractivity contribution in [3.8, 4) is 0 Å². The third-order valence-corrected chi connectivity index (χ3v) is 9.44. The van der Waals surface area contributed by atoms with Gasteiger partial charge in [-0.25, -0.2) is 18.5 Å². The first-order valence-electron chi connectivity index (χ1n) is 12.1. The molecule has 6 N–H and O–H groups in total. The summed E-state index contributed by atoms with van der Waals surface area (Å²) >= 11 is 0. The molecule has 20 heteroatoms. The van der Waals surface area contributed by atoms with Gasteiger partial charge in [0.25, 0.3) is 5.56 Å². The van der Waals surface area contributed by atoms with Gasteiger partial charge in [-0.05, 0) is 23.5 Å². The van der Waals surface area contributed by atoms with E-state index in [1.165, 1.54) is 6.20 Å². The van der Waals surface area contributed by atoms with E-state index >= 15 is 0 Å². The van der Waals surface area contributed by atoms with Gasteiger partial charge in [-0.3, -0.25) is 18.9 Å². The third kappa shape index (κ3) is 10.4. The van der Waals surface area contributed by atoms with Gasteiger partial charge in [-0.1, -0.05) is 38.1 Å². The number of aliphatic hydroxyl groups excluding tert-OH is 1. The molecule has 1 aromatic heterocycles. The maximum atomic E-state index is 12.5. The summed E-state index contributed by atoms with van der Waals surface area (Å²) in [4.78, 5) is 63.0. The zero-order valence-electron chi connectivity index (χ0n) is 21.8. The van der Waals surface area contributed by atoms with E-state index in [2.05, 4.69) is 32.0 Å². The fourth-order valence-corrected chi connectivity index (χ4v) is 6.99. The van der Waals surface area contributed by atoms with Crippen LogP contribution in [0, 0.1) is 5.92 Å². The number of benzene rings is 1. The smallest absolute Gasteiger partial charge is 0.390 e. The highest BCUT2D eigenvalue weighted by Gasteiger charge is 2.43. The summed E-state index contributed by atoms with van der Waals surface area (Å²) in [5, 5.41) is 10.3. The van der Waals surface area contributed by atoms with E-state index in [0.29, 0.717) is 5.92 Å². The highest BCUT2D eigenvalue weighted by atomic mass is 31.3. The molecule has 1 fully saturated rings. The molecule has 17 nitrogen and oxygen atoms in total. The lowest BCUT2D eigenvalue weighted by Gasteiger charge is -2.19. The van der Waals surface area contributed by atoms with E-state index in [4.69, 9.17) is 19.3 Å². The fraction of sp³-hybridized carbons (Fsp3) is 0.524. The molecule has 2 heterocycles. The second kappa shape index (κ2) is 13.7. The van der Waals surface area contributed by atoms with E-state index < -0.39 is 59.8 Å². The zero-order valence-corrected chi connectivity index (χ0v) is 24.5. The molecule has 1 aliphatic rings. The first kappa shape index (κ1) is 33.7. The maximum Gasteiger partial charge on any atom is 0.490 e. The Labute approximate surface area is 233 Å². The van der Waals surface area contributed by atoms with Gasteiger partial charge in [0.1, 0.15) is 12.3 Å². The van der Waals surface area contributed by atoms with Gasteiger partial charge in [0.2, 0.25) is 0 Å². The van der Waals surface area contributed by atoms with Crippen molar-refractivity contribution in [2.75, 3.05) is 6.61 Å². The molecule has 0 spiro atoms. The highest BCUT2D eigenvalue weighted by Crippen LogP contribution is 2.66. The van der Waals surface area contributed by atoms with Crippen LogP contribution in [0.15, 0.2) is 40.1 Å². The van der Waals surface area contributed by atoms with Gasteiger partial charge in [0, 0.05) is 12.6 Å². The van der Waals surface area contributed by atoms with Crippen LogP contribution in [0.4, 0.5) is 0 Å². The average molecular weight is 644 g/mol. The van der Waals surface area contributed by atoms with Crippen molar-refractivity contribution in [3.63, 3.8) is 0 Å². The predicted molar refractivity (Wildman–Crippen MR) is 139 cm³/mol. The average Bonchev–Trinajstić information content (AvgIpc) is 3.17. The lowest BCUT2D eigenvalue weighted by atomic mass is 9.98. The normalized spacial score (nSPS) is 22.5. The van der Waals surface area contributed by atoms with E-state index in [1.807, 2.05) is 24.3 Å². The number of aliphatic hydroxyl groups is 1. The molecule has 0 radical (unpaired) electrons. The van der Waals surface area contributed by atoms with Crippen LogP contribution in [0.5, 0.6) is 0 Å². The number of phosphoric ester groups is 1. The first-order chi connectivity index (χ1) is 18.9. The minimum atomic E-state index is -5.72. The minimum Gasteiger partial charge on any atom is -0.390 e. The molecular formula is C21H31N2O15P3. The molecule has 5 atom stereocenters. The summed E-state index contributed by atoms with van der Waals surface area (Å²) in [5.41, 5.74) is 0.584. The quantitative estimate of drug-likeness (QED) is 0.159. The molecular weight excluding hydrogens is 613 g/mol. The molecule has 1 aliphatic heterocycles. The van der Waals surface area contributed by atoms with Crippen LogP contribution in [0.25, 0.3) is 0 Å². The molecule has 1 saturated heterocycles. The monoisotopic (exact) mass is 644 g/mol. The van der Waals surface area contributed by atoms with Gasteiger partial charge < -0.3 is 34.2 Å². The Morgan fingerprint density at radius 2 is 1.63 bits per heavy atom. The van der Waals surface area contributed by atoms with Crippen LogP contribution in [-0.2, 0) is 55.9 Å². The van der Waals surface area contributed by atoms with E-state index in [-0.39, 0.29) is 25.2 Å². The van der Waals surface area contributed by atoms with E-state index in [0.717, 1.165) is 22.1 Å². The second-order valence-corrected chi connectivity index (χ2v) is 13.9. The van der Waals surface area contributed by atoms with Gasteiger partial charge in [-0.15, -0.1) is 0 Å². The number of nitrogens with one attached hydrogen (secondary N) is 1. The lowest BCUT2D eigenvalue weighted by molar-refractivity contribution is -0.0452. The molecule has 0 aliphatic carbocycles. The Kier molecular flexibility index (Phi) is 11.2. The molecule has 0 bridgehead atoms. The largest absolute Gasteiger partial charge is 0.490 e. The topological polar surface area (TPSA) is 253 Å². The predicted octanol–water partition coefficient (Wildman–Crippen LogP) is 1.44. The summed E-state index contributed by atoms with van der Waals surface area (Å²) in [6.45, 7) is 3.33. The van der Waals surface area contributed by atoms with Crippen molar-refractivity contribution in [1.82, 2.24) is 9.55 Å². The number of aromatic amines is 1. The Hall–Kier alpha value is -1.81. The minimum absolute atomic E-state index is 0.0840. The number of ether oxygens (including phenoxy) is 2. The second-order valence-electron chi connectivity index (χ2n) is 9.50. The first-order valence-corrected chi connectivity index (χ1v) is 16.6. The SMILES string of the molecule is CC(C)Cc1ccccc1COCc1cn([C@H]2C[C@@H](O)[C@@H](COP(=O)(O)OP(=O)(O)OP(=O)(O)O)O2)c(=O)[nH]c1=O. The Morgan fingerprint density at radius 3 is 2.27 bits per heavy atom. The summed E-state index contributed by atoms with van der Waals surface area (Å²) < 4.78 is 58.1. The van der Waals surface area contributed by atoms with Gasteiger partial charge >= 0.3 is 29.2 Å². The van der Waals surface area contributed by atoms with Crippen molar-refractivity contribution in [2.24, 2.45) is 5.92 Å². The number of hydrogen-bond acceptors (Lipinski definition) is 11. The van der Waals surface area contributed by atoms with E-state index in [1.54, 1.807) is 0 Å². The Morgan fingerprint density at radius 1 is 1.00 bits per heavy atom. The maximum absolute atomic E-state index is 12.5. The molecule has 230 valence electrons. The van der Waals surface area contributed by atoms with Crippen molar-refractivity contribution in [3.05, 3.63) is 68.0 Å². The van der Waals surface area contributed by atoms with Crippen LogP contribution in [0.1, 0.15) is 43.2 Å². The highest BCUT2D eigenvalue weighted by molar-refractivity contribution is 7.66. The zero-order chi connectivity index (χ0) is 30.6. The molecule has 2 aromatic rings. The number of nitrogens with zero attached hydrogens (tertiary/aromatic N) is 1. The lowest BCUT2D eigenvalue weighted by Crippen LogP contribution is -2.34. The molecule has 2 unspecified atom stereocenters. The van der Waals surface area contributed by atoms with Crippen molar-refractivity contribution in [2.45, 2.75) is 58.3 Å². The van der Waals surface area contributed by atoms with Crippen molar-refractivity contribution >= 4 is 23.5 Å². The van der Waals surface area contributed by atoms with Crippen LogP contribution in [-0.4, -0.2) is 53.0 Å². The standard InChI is InChI=1S/C21H31N2O15P3/c1-13(2)7-14-5-3-4-6-15(14)10-34-11-16-9-23(21(26)22-20(16)25)19-8-17(24)18(36-19)12-35-40(30,31)38-41(32,33)37-39(27,28)29/h3-6,9,13,17-19,24H,7-8,10-12H2,1-2H3,(H,30,31)(H,32,33)(H,22,25,26)(H2,27,28,29)/t17-,18-,19-/m1/s1. The van der Waals surface area contributed by atoms with Crippen LogP contribution < -0.4 is 11.2 Å². The number of H-pyrrole nitrogens is 1. The molecule has 41 heavy (non-hydrogen) atoms. The third-order valence-electron chi connectivity index (χ3n) is 5.64. The van der Waals surface area contributed by atoms with Gasteiger partial charge in [-0.2, -0.15) is 8.62 Å². The molecule has 0 amide bonds. The fourth-order valence-electron chi connectivity index (χ4n) is 3.96. The van der Waals surface area contributed by atoms with Crippen LogP contribution in [0.3, 0.4) is 0 Å². The molecule has 0 saturated carbocycles. The van der Waals surface area contributed by atoms with Gasteiger partial charge in [0.05, 0.1) is 31.5 Å². The Bertz CT molecular complexity index is 1470. The number of rotatable bonds is 14. The number of phosphoric acid groups is 3. The summed E-state index contributed by atoms with van der Waals surface area (Å²) in [7, 11) is -16.7.